The summed E-state index contributed by atoms with van der Waals surface area (Å²) in [5.74, 6) is 0. The molecule has 1 aromatic heterocycles. The van der Waals surface area contributed by atoms with E-state index in [9.17, 15) is 5.11 Å². The number of hydrogen-bond acceptors (Lipinski definition) is 4. The third-order valence-corrected chi connectivity index (χ3v) is 2.89. The molecule has 0 bridgehead atoms. The molecule has 1 atom stereocenters. The number of aliphatic hydroxyl groups excluding tert-OH is 1. The van der Waals surface area contributed by atoms with Crippen LogP contribution in [0.1, 0.15) is 33.6 Å². The van der Waals surface area contributed by atoms with Gasteiger partial charge >= 0.3 is 0 Å². The highest BCUT2D eigenvalue weighted by Crippen LogP contribution is 2.19. The number of anilines is 2. The van der Waals surface area contributed by atoms with Crippen LogP contribution < -0.4 is 10.6 Å². The van der Waals surface area contributed by atoms with Gasteiger partial charge in [0.2, 0.25) is 0 Å². The summed E-state index contributed by atoms with van der Waals surface area (Å²) < 4.78 is 0. The van der Waals surface area contributed by atoms with Gasteiger partial charge in [0.1, 0.15) is 0 Å². The van der Waals surface area contributed by atoms with Gasteiger partial charge in [0.15, 0.2) is 0 Å². The molecule has 0 radical (unpaired) electrons. The van der Waals surface area contributed by atoms with E-state index < -0.39 is 0 Å². The third-order valence-electron chi connectivity index (χ3n) is 2.89. The van der Waals surface area contributed by atoms with Crippen molar-refractivity contribution in [3.63, 3.8) is 0 Å². The summed E-state index contributed by atoms with van der Waals surface area (Å²) in [6.45, 7) is 7.23. The zero-order valence-electron chi connectivity index (χ0n) is 11.0. The predicted octanol–water partition coefficient (Wildman–Crippen LogP) is 2.48. The number of nitrogens with one attached hydrogen (secondary N) is 2. The number of aliphatic hydroxyl groups is 1. The standard InChI is InChI=1S/C13H23N3O/c1-4-6-15-11-7-12(9-14-8-11)16-13(3,5-2)10-17/h7-9,15-17H,4-6,10H2,1-3H3. The summed E-state index contributed by atoms with van der Waals surface area (Å²) >= 11 is 0. The summed E-state index contributed by atoms with van der Waals surface area (Å²) in [5, 5.41) is 16.0. The minimum Gasteiger partial charge on any atom is -0.394 e. The number of hydrogen-bond donors (Lipinski definition) is 3. The Morgan fingerprint density at radius 2 is 2.00 bits per heavy atom. The average Bonchev–Trinajstić information content (AvgIpc) is 2.36. The van der Waals surface area contributed by atoms with Crippen molar-refractivity contribution in [3.8, 4) is 0 Å². The quantitative estimate of drug-likeness (QED) is 0.682. The van der Waals surface area contributed by atoms with Gasteiger partial charge in [0.05, 0.1) is 35.9 Å². The van der Waals surface area contributed by atoms with E-state index in [0.29, 0.717) is 0 Å². The van der Waals surface area contributed by atoms with E-state index in [1.54, 1.807) is 6.20 Å². The number of nitrogens with zero attached hydrogens (tertiary/aromatic N) is 1. The maximum Gasteiger partial charge on any atom is 0.0658 e. The summed E-state index contributed by atoms with van der Waals surface area (Å²) in [6, 6.07) is 2.02. The van der Waals surface area contributed by atoms with Gasteiger partial charge in [-0.05, 0) is 25.8 Å². The molecule has 1 heterocycles. The fourth-order valence-corrected chi connectivity index (χ4v) is 1.46. The van der Waals surface area contributed by atoms with Crippen LogP contribution in [0.3, 0.4) is 0 Å². The molecule has 0 amide bonds. The van der Waals surface area contributed by atoms with Crippen LogP contribution in [-0.2, 0) is 0 Å². The minimum atomic E-state index is -0.287. The molecule has 0 aromatic carbocycles. The van der Waals surface area contributed by atoms with Crippen LogP contribution in [0.5, 0.6) is 0 Å². The zero-order valence-corrected chi connectivity index (χ0v) is 11.0. The van der Waals surface area contributed by atoms with Gasteiger partial charge in [0, 0.05) is 6.54 Å². The first kappa shape index (κ1) is 13.8. The van der Waals surface area contributed by atoms with Gasteiger partial charge in [-0.1, -0.05) is 13.8 Å². The molecule has 3 N–H and O–H groups in total. The SMILES string of the molecule is CCCNc1cncc(NC(C)(CC)CO)c1. The van der Waals surface area contributed by atoms with Crippen molar-refractivity contribution in [1.29, 1.82) is 0 Å². The second kappa shape index (κ2) is 6.45. The summed E-state index contributed by atoms with van der Waals surface area (Å²) in [6.07, 6.45) is 5.53. The molecule has 17 heavy (non-hydrogen) atoms. The molecule has 0 aliphatic heterocycles. The van der Waals surface area contributed by atoms with Crippen molar-refractivity contribution in [2.75, 3.05) is 23.8 Å². The fourth-order valence-electron chi connectivity index (χ4n) is 1.46. The Morgan fingerprint density at radius 3 is 2.59 bits per heavy atom. The molecular formula is C13H23N3O. The second-order valence-electron chi connectivity index (χ2n) is 4.59. The highest BCUT2D eigenvalue weighted by Gasteiger charge is 2.20. The molecule has 96 valence electrons. The van der Waals surface area contributed by atoms with Crippen LogP contribution in [0.25, 0.3) is 0 Å². The van der Waals surface area contributed by atoms with Crippen LogP contribution in [0.15, 0.2) is 18.5 Å². The van der Waals surface area contributed by atoms with Gasteiger partial charge in [-0.25, -0.2) is 0 Å². The lowest BCUT2D eigenvalue weighted by molar-refractivity contribution is 0.219. The van der Waals surface area contributed by atoms with Gasteiger partial charge in [-0.3, -0.25) is 4.98 Å². The summed E-state index contributed by atoms with van der Waals surface area (Å²) in [7, 11) is 0. The maximum atomic E-state index is 9.36. The molecule has 4 heteroatoms. The van der Waals surface area contributed by atoms with Crippen molar-refractivity contribution in [1.82, 2.24) is 4.98 Å². The van der Waals surface area contributed by atoms with Crippen LogP contribution in [0, 0.1) is 0 Å². The van der Waals surface area contributed by atoms with Gasteiger partial charge in [-0.2, -0.15) is 0 Å². The number of pyridine rings is 1. The topological polar surface area (TPSA) is 57.2 Å². The molecule has 0 fully saturated rings. The first-order chi connectivity index (χ1) is 8.13. The van der Waals surface area contributed by atoms with E-state index in [-0.39, 0.29) is 12.1 Å². The normalized spacial score (nSPS) is 14.1. The molecule has 0 spiro atoms. The Morgan fingerprint density at radius 1 is 1.29 bits per heavy atom. The minimum absolute atomic E-state index is 0.107. The molecule has 1 unspecified atom stereocenters. The van der Waals surface area contributed by atoms with E-state index >= 15 is 0 Å². The molecule has 0 saturated carbocycles. The monoisotopic (exact) mass is 237 g/mol. The Kier molecular flexibility index (Phi) is 5.22. The largest absolute Gasteiger partial charge is 0.394 e. The highest BCUT2D eigenvalue weighted by atomic mass is 16.3. The van der Waals surface area contributed by atoms with Crippen molar-refractivity contribution in [3.05, 3.63) is 18.5 Å². The first-order valence-corrected chi connectivity index (χ1v) is 6.21. The van der Waals surface area contributed by atoms with Gasteiger partial charge < -0.3 is 15.7 Å². The zero-order chi connectivity index (χ0) is 12.7. The van der Waals surface area contributed by atoms with Crippen molar-refractivity contribution >= 4 is 11.4 Å². The Labute approximate surface area is 103 Å². The van der Waals surface area contributed by atoms with Crippen LogP contribution in [0.2, 0.25) is 0 Å². The van der Waals surface area contributed by atoms with Crippen molar-refractivity contribution in [2.45, 2.75) is 39.2 Å². The lowest BCUT2D eigenvalue weighted by atomic mass is 10.00. The number of aromatic nitrogens is 1. The molecular weight excluding hydrogens is 214 g/mol. The summed E-state index contributed by atoms with van der Waals surface area (Å²) in [5.41, 5.74) is 1.66. The maximum absolute atomic E-state index is 9.36. The fraction of sp³-hybridized carbons (Fsp3) is 0.615. The lowest BCUT2D eigenvalue weighted by Crippen LogP contribution is -2.37. The third kappa shape index (κ3) is 4.23. The van der Waals surface area contributed by atoms with E-state index in [1.807, 2.05) is 19.2 Å². The van der Waals surface area contributed by atoms with E-state index in [4.69, 9.17) is 0 Å². The Hall–Kier alpha value is -1.29. The van der Waals surface area contributed by atoms with Gasteiger partial charge in [-0.15, -0.1) is 0 Å². The van der Waals surface area contributed by atoms with Crippen molar-refractivity contribution in [2.24, 2.45) is 0 Å². The molecule has 0 saturated heterocycles. The Bertz CT molecular complexity index is 337. The first-order valence-electron chi connectivity index (χ1n) is 6.21. The molecule has 1 rings (SSSR count). The molecule has 4 nitrogen and oxygen atoms in total. The Balaban J connectivity index is 2.71. The van der Waals surface area contributed by atoms with Crippen LogP contribution in [-0.4, -0.2) is 28.8 Å². The van der Waals surface area contributed by atoms with E-state index in [2.05, 4.69) is 29.5 Å². The van der Waals surface area contributed by atoms with Crippen LogP contribution >= 0.6 is 0 Å². The number of rotatable bonds is 7. The molecule has 0 aliphatic carbocycles. The lowest BCUT2D eigenvalue weighted by Gasteiger charge is -2.28. The van der Waals surface area contributed by atoms with Gasteiger partial charge in [0.25, 0.3) is 0 Å². The average molecular weight is 237 g/mol. The molecule has 1 aromatic rings. The van der Waals surface area contributed by atoms with Crippen LogP contribution in [0.4, 0.5) is 11.4 Å². The highest BCUT2D eigenvalue weighted by molar-refractivity contribution is 5.55. The summed E-state index contributed by atoms with van der Waals surface area (Å²) in [4.78, 5) is 4.18. The van der Waals surface area contributed by atoms with E-state index in [1.165, 1.54) is 0 Å². The predicted molar refractivity (Wildman–Crippen MR) is 72.4 cm³/mol. The van der Waals surface area contributed by atoms with E-state index in [0.717, 1.165) is 30.8 Å². The molecule has 0 aliphatic rings. The second-order valence-corrected chi connectivity index (χ2v) is 4.59. The van der Waals surface area contributed by atoms with Crippen molar-refractivity contribution < 1.29 is 5.11 Å². The smallest absolute Gasteiger partial charge is 0.0658 e.